The number of anilines is 1. The zero-order chi connectivity index (χ0) is 32.6. The van der Waals surface area contributed by atoms with Gasteiger partial charge in [0.2, 0.25) is 11.8 Å². The minimum atomic E-state index is -4.21. The van der Waals surface area contributed by atoms with E-state index in [0.717, 1.165) is 21.0 Å². The third kappa shape index (κ3) is 8.79. The molecule has 0 aliphatic heterocycles. The zero-order valence-corrected chi connectivity index (χ0v) is 26.9. The highest BCUT2D eigenvalue weighted by molar-refractivity contribution is 7.92. The summed E-state index contributed by atoms with van der Waals surface area (Å²) in [5.41, 5.74) is 2.98. The summed E-state index contributed by atoms with van der Waals surface area (Å²) in [6.45, 7) is 7.18. The number of hydrogen-bond acceptors (Lipinski definition) is 4. The number of sulfonamides is 1. The third-order valence-electron chi connectivity index (χ3n) is 7.36. The molecule has 9 heteroatoms. The fourth-order valence-electron chi connectivity index (χ4n) is 5.13. The van der Waals surface area contributed by atoms with Crippen LogP contribution in [0.2, 0.25) is 0 Å². The molecule has 1 atom stereocenters. The lowest BCUT2D eigenvalue weighted by Gasteiger charge is -2.34. The number of nitrogens with one attached hydrogen (secondary N) is 1. The lowest BCUT2D eigenvalue weighted by atomic mass is 10.0. The molecule has 0 bridgehead atoms. The Balaban J connectivity index is 1.82. The normalized spacial score (nSPS) is 12.0. The number of nitrogens with zero attached hydrogens (tertiary/aromatic N) is 2. The summed E-state index contributed by atoms with van der Waals surface area (Å²) >= 11 is 0. The third-order valence-corrected chi connectivity index (χ3v) is 9.15. The second kappa shape index (κ2) is 15.0. The van der Waals surface area contributed by atoms with Gasteiger partial charge in [-0.3, -0.25) is 13.9 Å². The molecule has 0 spiro atoms. The highest BCUT2D eigenvalue weighted by Gasteiger charge is 2.35. The molecule has 0 fully saturated rings. The molecular formula is C36H40FN3O4S. The van der Waals surface area contributed by atoms with Crippen LogP contribution in [0.4, 0.5) is 10.1 Å². The molecule has 4 rings (SSSR count). The molecule has 0 unspecified atom stereocenters. The number of rotatable bonds is 13. The smallest absolute Gasteiger partial charge is 0.264 e. The summed E-state index contributed by atoms with van der Waals surface area (Å²) in [4.78, 5) is 29.6. The van der Waals surface area contributed by atoms with Gasteiger partial charge in [-0.1, -0.05) is 86.6 Å². The Labute approximate surface area is 265 Å². The van der Waals surface area contributed by atoms with E-state index >= 15 is 4.39 Å². The van der Waals surface area contributed by atoms with Gasteiger partial charge in [-0.05, 0) is 66.8 Å². The van der Waals surface area contributed by atoms with Crippen molar-refractivity contribution >= 4 is 27.5 Å². The van der Waals surface area contributed by atoms with Crippen LogP contribution in [-0.2, 0) is 32.6 Å². The number of carbonyl (C=O) groups is 2. The first-order chi connectivity index (χ1) is 21.5. The van der Waals surface area contributed by atoms with Gasteiger partial charge >= 0.3 is 0 Å². The van der Waals surface area contributed by atoms with E-state index in [9.17, 15) is 18.0 Å². The van der Waals surface area contributed by atoms with Crippen LogP contribution in [0.1, 0.15) is 36.1 Å². The van der Waals surface area contributed by atoms with E-state index in [2.05, 4.69) is 5.32 Å². The van der Waals surface area contributed by atoms with Gasteiger partial charge in [0.15, 0.2) is 0 Å². The van der Waals surface area contributed by atoms with Crippen LogP contribution in [-0.4, -0.2) is 44.3 Å². The van der Waals surface area contributed by atoms with Gasteiger partial charge in [0, 0.05) is 25.1 Å². The largest absolute Gasteiger partial charge is 0.354 e. The van der Waals surface area contributed by atoms with Crippen LogP contribution in [0.3, 0.4) is 0 Å². The van der Waals surface area contributed by atoms with Crippen molar-refractivity contribution in [3.8, 4) is 0 Å². The number of carbonyl (C=O) groups excluding carboxylic acids is 2. The molecule has 236 valence electrons. The summed E-state index contributed by atoms with van der Waals surface area (Å²) in [5.74, 6) is -1.42. The van der Waals surface area contributed by atoms with E-state index in [-0.39, 0.29) is 29.3 Å². The van der Waals surface area contributed by atoms with Gasteiger partial charge < -0.3 is 10.2 Å². The maximum Gasteiger partial charge on any atom is 0.264 e. The molecule has 1 N–H and O–H groups in total. The van der Waals surface area contributed by atoms with E-state index < -0.39 is 40.2 Å². The average molecular weight is 630 g/mol. The topological polar surface area (TPSA) is 86.8 Å². The number of halogens is 1. The number of aryl methyl sites for hydroxylation is 2. The standard InChI is InChI=1S/C36H40FN3O4S/c1-26(2)23-38-36(42)34(22-29-13-7-5-8-14-29)39(24-30-15-11-12-18-33(30)37)35(41)25-40(31-20-27(3)19-28(4)21-31)45(43,44)32-16-9-6-10-17-32/h5-21,26,34H,22-25H2,1-4H3,(H,38,42)/t34-/m0/s1. The van der Waals surface area contributed by atoms with Crippen molar-refractivity contribution in [1.82, 2.24) is 10.2 Å². The second-order valence-electron chi connectivity index (χ2n) is 11.6. The molecule has 4 aromatic rings. The summed E-state index contributed by atoms with van der Waals surface area (Å²) < 4.78 is 44.3. The number of hydrogen-bond donors (Lipinski definition) is 1. The summed E-state index contributed by atoms with van der Waals surface area (Å²) in [7, 11) is -4.21. The zero-order valence-electron chi connectivity index (χ0n) is 26.1. The SMILES string of the molecule is Cc1cc(C)cc(N(CC(=O)N(Cc2ccccc2F)[C@@H](Cc2ccccc2)C(=O)NCC(C)C)S(=O)(=O)c2ccccc2)c1. The lowest BCUT2D eigenvalue weighted by Crippen LogP contribution is -2.53. The van der Waals surface area contributed by atoms with Crippen LogP contribution in [0.15, 0.2) is 108 Å². The fourth-order valence-corrected chi connectivity index (χ4v) is 6.55. The molecule has 45 heavy (non-hydrogen) atoms. The molecule has 4 aromatic carbocycles. The fraction of sp³-hybridized carbons (Fsp3) is 0.278. The summed E-state index contributed by atoms with van der Waals surface area (Å²) in [5, 5.41) is 2.94. The first-order valence-electron chi connectivity index (χ1n) is 15.0. The van der Waals surface area contributed by atoms with E-state index in [1.807, 2.05) is 64.1 Å². The first-order valence-corrected chi connectivity index (χ1v) is 16.4. The van der Waals surface area contributed by atoms with E-state index in [1.165, 1.54) is 23.1 Å². The quantitative estimate of drug-likeness (QED) is 0.195. The Hall–Kier alpha value is -4.50. The molecule has 0 heterocycles. The predicted octanol–water partition coefficient (Wildman–Crippen LogP) is 6.05. The van der Waals surface area contributed by atoms with Gasteiger partial charge in [-0.2, -0.15) is 0 Å². The molecule has 0 saturated carbocycles. The van der Waals surface area contributed by atoms with Crippen molar-refractivity contribution in [3.05, 3.63) is 131 Å². The summed E-state index contributed by atoms with van der Waals surface area (Å²) in [6, 6.07) is 27.5. The van der Waals surface area contributed by atoms with Crippen molar-refractivity contribution < 1.29 is 22.4 Å². The Morgan fingerprint density at radius 2 is 1.40 bits per heavy atom. The predicted molar refractivity (Wildman–Crippen MR) is 176 cm³/mol. The Bertz CT molecular complexity index is 1690. The van der Waals surface area contributed by atoms with E-state index in [0.29, 0.717) is 12.2 Å². The monoisotopic (exact) mass is 629 g/mol. The van der Waals surface area contributed by atoms with Gasteiger partial charge in [0.05, 0.1) is 10.6 Å². The van der Waals surface area contributed by atoms with Gasteiger partial charge in [0.25, 0.3) is 10.0 Å². The van der Waals surface area contributed by atoms with Gasteiger partial charge in [0.1, 0.15) is 18.4 Å². The molecule has 0 aliphatic carbocycles. The van der Waals surface area contributed by atoms with E-state index in [4.69, 9.17) is 0 Å². The van der Waals surface area contributed by atoms with Crippen LogP contribution < -0.4 is 9.62 Å². The first kappa shape index (κ1) is 33.4. The maximum atomic E-state index is 15.0. The highest BCUT2D eigenvalue weighted by Crippen LogP contribution is 2.27. The van der Waals surface area contributed by atoms with Crippen molar-refractivity contribution in [1.29, 1.82) is 0 Å². The Morgan fingerprint density at radius 1 is 0.822 bits per heavy atom. The molecule has 0 aromatic heterocycles. The molecule has 2 amide bonds. The Morgan fingerprint density at radius 3 is 2.00 bits per heavy atom. The molecule has 0 aliphatic rings. The lowest BCUT2D eigenvalue weighted by molar-refractivity contribution is -0.140. The van der Waals surface area contributed by atoms with Gasteiger partial charge in [-0.25, -0.2) is 12.8 Å². The Kier molecular flexibility index (Phi) is 11.1. The van der Waals surface area contributed by atoms with Crippen molar-refractivity contribution in [3.63, 3.8) is 0 Å². The van der Waals surface area contributed by atoms with Gasteiger partial charge in [-0.15, -0.1) is 0 Å². The minimum Gasteiger partial charge on any atom is -0.354 e. The molecule has 0 radical (unpaired) electrons. The average Bonchev–Trinajstić information content (AvgIpc) is 3.01. The number of benzene rings is 4. The van der Waals surface area contributed by atoms with Crippen LogP contribution in [0, 0.1) is 25.6 Å². The molecule has 0 saturated heterocycles. The van der Waals surface area contributed by atoms with Crippen LogP contribution in [0.25, 0.3) is 0 Å². The van der Waals surface area contributed by atoms with Crippen molar-refractivity contribution in [2.75, 3.05) is 17.4 Å². The van der Waals surface area contributed by atoms with E-state index in [1.54, 1.807) is 48.5 Å². The summed E-state index contributed by atoms with van der Waals surface area (Å²) in [6.07, 6.45) is 0.153. The maximum absolute atomic E-state index is 15.0. The van der Waals surface area contributed by atoms with Crippen molar-refractivity contribution in [2.45, 2.75) is 51.6 Å². The minimum absolute atomic E-state index is 0.0214. The molecule has 7 nitrogen and oxygen atoms in total. The highest BCUT2D eigenvalue weighted by atomic mass is 32.2. The van der Waals surface area contributed by atoms with Crippen molar-refractivity contribution in [2.24, 2.45) is 5.92 Å². The second-order valence-corrected chi connectivity index (χ2v) is 13.5. The molecular weight excluding hydrogens is 589 g/mol. The van der Waals surface area contributed by atoms with Crippen LogP contribution in [0.5, 0.6) is 0 Å². The van der Waals surface area contributed by atoms with Crippen LogP contribution >= 0.6 is 0 Å². The number of amides is 2.